The molecule has 0 bridgehead atoms. The highest BCUT2D eigenvalue weighted by atomic mass is 16.5. The predicted octanol–water partition coefficient (Wildman–Crippen LogP) is 3.19. The number of furan rings is 1. The molecule has 2 heterocycles. The smallest absolute Gasteiger partial charge is 0.340 e. The number of carbonyl (C=O) groups is 2. The lowest BCUT2D eigenvalue weighted by Crippen LogP contribution is -2.16. The lowest BCUT2D eigenvalue weighted by atomic mass is 10.1. The van der Waals surface area contributed by atoms with E-state index in [-0.39, 0.29) is 12.5 Å². The molecular weight excluding hydrogens is 284 g/mol. The highest BCUT2D eigenvalue weighted by Gasteiger charge is 2.16. The SMILES string of the molecule is CCOC(=O)c1ccccc1NC(=O)c1cc2occc2[nH]1. The largest absolute Gasteiger partial charge is 0.463 e. The molecule has 0 atom stereocenters. The Morgan fingerprint density at radius 3 is 2.86 bits per heavy atom. The molecule has 3 rings (SSSR count). The molecule has 0 aliphatic heterocycles. The van der Waals surface area contributed by atoms with E-state index in [2.05, 4.69) is 10.3 Å². The number of benzene rings is 1. The first-order chi connectivity index (χ1) is 10.7. The Kier molecular flexibility index (Phi) is 3.65. The third-order valence-corrected chi connectivity index (χ3v) is 3.16. The van der Waals surface area contributed by atoms with Crippen LogP contribution >= 0.6 is 0 Å². The molecular formula is C16H14N2O4. The highest BCUT2D eigenvalue weighted by Crippen LogP contribution is 2.20. The van der Waals surface area contributed by atoms with Crippen LogP contribution in [-0.2, 0) is 4.74 Å². The van der Waals surface area contributed by atoms with Crippen LogP contribution in [0, 0.1) is 0 Å². The number of carbonyl (C=O) groups excluding carboxylic acids is 2. The van der Waals surface area contributed by atoms with Crippen molar-refractivity contribution >= 4 is 28.7 Å². The van der Waals surface area contributed by atoms with Crippen LogP contribution < -0.4 is 5.32 Å². The number of hydrogen-bond donors (Lipinski definition) is 2. The first-order valence-electron chi connectivity index (χ1n) is 6.82. The zero-order valence-electron chi connectivity index (χ0n) is 11.9. The van der Waals surface area contributed by atoms with Gasteiger partial charge < -0.3 is 19.5 Å². The number of fused-ring (bicyclic) bond motifs is 1. The topological polar surface area (TPSA) is 84.3 Å². The molecule has 2 aromatic heterocycles. The van der Waals surface area contributed by atoms with Crippen molar-refractivity contribution in [2.75, 3.05) is 11.9 Å². The predicted molar refractivity (Wildman–Crippen MR) is 80.9 cm³/mol. The number of aromatic nitrogens is 1. The number of nitrogens with one attached hydrogen (secondary N) is 2. The van der Waals surface area contributed by atoms with Gasteiger partial charge in [0, 0.05) is 12.1 Å². The van der Waals surface area contributed by atoms with Crippen LogP contribution in [0.2, 0.25) is 0 Å². The molecule has 22 heavy (non-hydrogen) atoms. The fourth-order valence-electron chi connectivity index (χ4n) is 2.14. The minimum Gasteiger partial charge on any atom is -0.463 e. The standard InChI is InChI=1S/C16H14N2O4/c1-2-21-16(20)10-5-3-4-6-11(10)18-15(19)13-9-14-12(17-13)7-8-22-14/h3-9,17H,2H2,1H3,(H,18,19). The summed E-state index contributed by atoms with van der Waals surface area (Å²) < 4.78 is 10.2. The van der Waals surface area contributed by atoms with Gasteiger partial charge in [-0.3, -0.25) is 4.79 Å². The third kappa shape index (κ3) is 2.58. The van der Waals surface area contributed by atoms with Crippen molar-refractivity contribution in [3.8, 4) is 0 Å². The van der Waals surface area contributed by atoms with E-state index in [0.717, 1.165) is 5.52 Å². The molecule has 6 nitrogen and oxygen atoms in total. The van der Waals surface area contributed by atoms with Crippen molar-refractivity contribution in [2.45, 2.75) is 6.92 Å². The van der Waals surface area contributed by atoms with Crippen LogP contribution in [0.3, 0.4) is 0 Å². The number of aromatic amines is 1. The van der Waals surface area contributed by atoms with Gasteiger partial charge in [0.25, 0.3) is 5.91 Å². The maximum absolute atomic E-state index is 12.3. The summed E-state index contributed by atoms with van der Waals surface area (Å²) in [6, 6.07) is 10.0. The lowest BCUT2D eigenvalue weighted by Gasteiger charge is -2.09. The normalized spacial score (nSPS) is 10.6. The fraction of sp³-hybridized carbons (Fsp3) is 0.125. The number of hydrogen-bond acceptors (Lipinski definition) is 4. The van der Waals surface area contributed by atoms with Crippen molar-refractivity contribution in [3.63, 3.8) is 0 Å². The Labute approximate surface area is 126 Å². The zero-order valence-corrected chi connectivity index (χ0v) is 11.9. The number of ether oxygens (including phenoxy) is 1. The first kappa shape index (κ1) is 13.9. The lowest BCUT2D eigenvalue weighted by molar-refractivity contribution is 0.0527. The summed E-state index contributed by atoms with van der Waals surface area (Å²) in [5, 5.41) is 2.70. The van der Waals surface area contributed by atoms with Crippen molar-refractivity contribution in [3.05, 3.63) is 53.9 Å². The average Bonchev–Trinajstić information content (AvgIpc) is 3.09. The number of anilines is 1. The highest BCUT2D eigenvalue weighted by molar-refractivity contribution is 6.08. The molecule has 2 N–H and O–H groups in total. The molecule has 0 unspecified atom stereocenters. The second kappa shape index (κ2) is 5.77. The van der Waals surface area contributed by atoms with Crippen LogP contribution in [0.4, 0.5) is 5.69 Å². The summed E-state index contributed by atoms with van der Waals surface area (Å²) in [6.45, 7) is 2.00. The monoisotopic (exact) mass is 298 g/mol. The van der Waals surface area contributed by atoms with E-state index in [1.807, 2.05) is 0 Å². The number of amides is 1. The van der Waals surface area contributed by atoms with E-state index in [1.165, 1.54) is 0 Å². The van der Waals surface area contributed by atoms with Gasteiger partial charge in [-0.05, 0) is 19.1 Å². The summed E-state index contributed by atoms with van der Waals surface area (Å²) >= 11 is 0. The molecule has 0 spiro atoms. The van der Waals surface area contributed by atoms with Gasteiger partial charge in [-0.1, -0.05) is 12.1 Å². The molecule has 0 aliphatic carbocycles. The summed E-state index contributed by atoms with van der Waals surface area (Å²) in [4.78, 5) is 27.1. The van der Waals surface area contributed by atoms with Gasteiger partial charge in [-0.15, -0.1) is 0 Å². The average molecular weight is 298 g/mol. The van der Waals surface area contributed by atoms with E-state index >= 15 is 0 Å². The van der Waals surface area contributed by atoms with Crippen molar-refractivity contribution in [1.82, 2.24) is 4.98 Å². The van der Waals surface area contributed by atoms with E-state index in [9.17, 15) is 9.59 Å². The molecule has 0 radical (unpaired) electrons. The summed E-state index contributed by atoms with van der Waals surface area (Å²) in [7, 11) is 0. The Hall–Kier alpha value is -3.02. The fourth-order valence-corrected chi connectivity index (χ4v) is 2.14. The Morgan fingerprint density at radius 1 is 1.27 bits per heavy atom. The van der Waals surface area contributed by atoms with Gasteiger partial charge in [-0.2, -0.15) is 0 Å². The van der Waals surface area contributed by atoms with Crippen molar-refractivity contribution in [1.29, 1.82) is 0 Å². The van der Waals surface area contributed by atoms with Crippen molar-refractivity contribution in [2.24, 2.45) is 0 Å². The van der Waals surface area contributed by atoms with Gasteiger partial charge in [0.2, 0.25) is 0 Å². The number of esters is 1. The molecule has 6 heteroatoms. The second-order valence-electron chi connectivity index (χ2n) is 4.60. The van der Waals surface area contributed by atoms with Crippen molar-refractivity contribution < 1.29 is 18.7 Å². The third-order valence-electron chi connectivity index (χ3n) is 3.16. The first-order valence-corrected chi connectivity index (χ1v) is 6.82. The zero-order chi connectivity index (χ0) is 15.5. The van der Waals surface area contributed by atoms with Crippen LogP contribution in [0.1, 0.15) is 27.8 Å². The van der Waals surface area contributed by atoms with Gasteiger partial charge in [0.15, 0.2) is 5.58 Å². The summed E-state index contributed by atoms with van der Waals surface area (Å²) in [5.74, 6) is -0.832. The minimum atomic E-state index is -0.473. The Bertz CT molecular complexity index is 803. The molecule has 0 aliphatic rings. The van der Waals surface area contributed by atoms with Crippen LogP contribution in [0.15, 0.2) is 47.1 Å². The molecule has 0 saturated heterocycles. The maximum atomic E-state index is 12.3. The van der Waals surface area contributed by atoms with E-state index in [4.69, 9.17) is 9.15 Å². The quantitative estimate of drug-likeness (QED) is 0.724. The molecule has 112 valence electrons. The van der Waals surface area contributed by atoms with Gasteiger partial charge in [0.1, 0.15) is 5.69 Å². The molecule has 1 amide bonds. The van der Waals surface area contributed by atoms with Gasteiger partial charge in [0.05, 0.1) is 29.6 Å². The van der Waals surface area contributed by atoms with Crippen LogP contribution in [-0.4, -0.2) is 23.5 Å². The van der Waals surface area contributed by atoms with Crippen LogP contribution in [0.25, 0.3) is 11.1 Å². The van der Waals surface area contributed by atoms with Crippen LogP contribution in [0.5, 0.6) is 0 Å². The van der Waals surface area contributed by atoms with Gasteiger partial charge >= 0.3 is 5.97 Å². The maximum Gasteiger partial charge on any atom is 0.340 e. The van der Waals surface area contributed by atoms with E-state index in [1.54, 1.807) is 49.6 Å². The number of rotatable bonds is 4. The summed E-state index contributed by atoms with van der Waals surface area (Å²) in [6.07, 6.45) is 1.54. The second-order valence-corrected chi connectivity index (χ2v) is 4.60. The minimum absolute atomic E-state index is 0.272. The Balaban J connectivity index is 1.84. The molecule has 0 fully saturated rings. The molecule has 0 saturated carbocycles. The molecule has 1 aromatic carbocycles. The van der Waals surface area contributed by atoms with E-state index in [0.29, 0.717) is 22.5 Å². The number of H-pyrrole nitrogens is 1. The van der Waals surface area contributed by atoms with Gasteiger partial charge in [-0.25, -0.2) is 4.79 Å². The molecule has 3 aromatic rings. The summed E-state index contributed by atoms with van der Waals surface area (Å²) in [5.41, 5.74) is 2.41. The van der Waals surface area contributed by atoms with E-state index < -0.39 is 5.97 Å². The number of para-hydroxylation sites is 1. The Morgan fingerprint density at radius 2 is 2.09 bits per heavy atom.